The number of thiophene rings is 1. The summed E-state index contributed by atoms with van der Waals surface area (Å²) in [6, 6.07) is 9.70. The molecule has 0 atom stereocenters. The van der Waals surface area contributed by atoms with Crippen LogP contribution in [0.3, 0.4) is 0 Å². The van der Waals surface area contributed by atoms with Gasteiger partial charge in [-0.05, 0) is 42.5 Å². The van der Waals surface area contributed by atoms with Gasteiger partial charge in [-0.15, -0.1) is 11.3 Å². The van der Waals surface area contributed by atoms with Gasteiger partial charge in [0.15, 0.2) is 0 Å². The number of carbonyl (C=O) groups is 1. The summed E-state index contributed by atoms with van der Waals surface area (Å²) in [4.78, 5) is 23.7. The molecule has 2 aromatic heterocycles. The fraction of sp³-hybridized carbons (Fsp3) is 0.333. The Bertz CT molecular complexity index is 868. The largest absolute Gasteiger partial charge is 0.351 e. The summed E-state index contributed by atoms with van der Waals surface area (Å²) < 4.78 is 0. The quantitative estimate of drug-likeness (QED) is 0.730. The molecular weight excluding hydrogens is 356 g/mol. The van der Waals surface area contributed by atoms with Crippen molar-refractivity contribution >= 4 is 45.8 Å². The van der Waals surface area contributed by atoms with E-state index in [4.69, 9.17) is 11.6 Å². The zero-order valence-electron chi connectivity index (χ0n) is 13.7. The van der Waals surface area contributed by atoms with E-state index in [1.54, 1.807) is 11.3 Å². The number of nitrogens with one attached hydrogen (secondary N) is 2. The van der Waals surface area contributed by atoms with Gasteiger partial charge in [0.05, 0.1) is 17.6 Å². The number of piperidine rings is 1. The van der Waals surface area contributed by atoms with Crippen LogP contribution in [0.2, 0.25) is 5.02 Å². The van der Waals surface area contributed by atoms with Crippen molar-refractivity contribution in [3.63, 3.8) is 0 Å². The lowest BCUT2D eigenvalue weighted by atomic mass is 9.96. The molecule has 5 nitrogen and oxygen atoms in total. The van der Waals surface area contributed by atoms with Crippen LogP contribution in [-0.4, -0.2) is 29.0 Å². The Labute approximate surface area is 155 Å². The molecule has 1 aliphatic heterocycles. The lowest BCUT2D eigenvalue weighted by molar-refractivity contribution is -0.125. The molecule has 0 aliphatic carbocycles. The van der Waals surface area contributed by atoms with E-state index in [1.165, 1.54) is 4.88 Å². The molecule has 1 aliphatic rings. The van der Waals surface area contributed by atoms with Crippen molar-refractivity contribution in [2.75, 3.05) is 18.0 Å². The first kappa shape index (κ1) is 16.4. The van der Waals surface area contributed by atoms with Crippen molar-refractivity contribution in [1.29, 1.82) is 0 Å². The van der Waals surface area contributed by atoms with Gasteiger partial charge in [-0.3, -0.25) is 4.79 Å². The zero-order valence-corrected chi connectivity index (χ0v) is 15.2. The summed E-state index contributed by atoms with van der Waals surface area (Å²) in [5.41, 5.74) is 1.86. The molecule has 130 valence electrons. The first-order valence-electron chi connectivity index (χ1n) is 8.39. The number of rotatable bonds is 4. The number of carbonyl (C=O) groups excluding carboxylic acids is 1. The molecule has 0 radical (unpaired) electrons. The van der Waals surface area contributed by atoms with Crippen LogP contribution in [0.15, 0.2) is 35.7 Å². The van der Waals surface area contributed by atoms with E-state index in [0.29, 0.717) is 11.6 Å². The second-order valence-corrected chi connectivity index (χ2v) is 7.75. The standard InChI is InChI=1S/C18H19ClN4OS/c19-13-3-4-15-16(10-13)22-18(21-15)23-7-5-12(6-8-23)17(24)20-11-14-2-1-9-25-14/h1-4,9-10,12H,5-8,11H2,(H,20,24)(H,21,22). The van der Waals surface area contributed by atoms with E-state index in [9.17, 15) is 4.79 Å². The van der Waals surface area contributed by atoms with Crippen molar-refractivity contribution in [3.05, 3.63) is 45.6 Å². The summed E-state index contributed by atoms with van der Waals surface area (Å²) >= 11 is 7.70. The average molecular weight is 375 g/mol. The third kappa shape index (κ3) is 3.65. The number of aromatic amines is 1. The zero-order chi connectivity index (χ0) is 17.2. The Hall–Kier alpha value is -2.05. The molecule has 1 saturated heterocycles. The van der Waals surface area contributed by atoms with Crippen LogP contribution < -0.4 is 10.2 Å². The van der Waals surface area contributed by atoms with Crippen LogP contribution >= 0.6 is 22.9 Å². The predicted molar refractivity (Wildman–Crippen MR) is 102 cm³/mol. The van der Waals surface area contributed by atoms with Crippen LogP contribution in [0.1, 0.15) is 17.7 Å². The SMILES string of the molecule is O=C(NCc1cccs1)C1CCN(c2nc3ccc(Cl)cc3[nH]2)CC1. The predicted octanol–water partition coefficient (Wildman–Crippen LogP) is 3.81. The number of hydrogen-bond donors (Lipinski definition) is 2. The van der Waals surface area contributed by atoms with E-state index in [0.717, 1.165) is 42.9 Å². The Morgan fingerprint density at radius 2 is 2.20 bits per heavy atom. The fourth-order valence-corrected chi connectivity index (χ4v) is 4.02. The van der Waals surface area contributed by atoms with Gasteiger partial charge in [0.1, 0.15) is 0 Å². The Morgan fingerprint density at radius 3 is 2.96 bits per heavy atom. The van der Waals surface area contributed by atoms with Crippen molar-refractivity contribution in [1.82, 2.24) is 15.3 Å². The fourth-order valence-electron chi connectivity index (χ4n) is 3.20. The van der Waals surface area contributed by atoms with E-state index < -0.39 is 0 Å². The molecule has 25 heavy (non-hydrogen) atoms. The lowest BCUT2D eigenvalue weighted by Gasteiger charge is -2.31. The van der Waals surface area contributed by atoms with Crippen LogP contribution in [0.25, 0.3) is 11.0 Å². The first-order valence-corrected chi connectivity index (χ1v) is 9.65. The molecule has 1 aromatic carbocycles. The Balaban J connectivity index is 1.34. The molecule has 1 fully saturated rings. The minimum atomic E-state index is 0.0787. The number of imidazole rings is 1. The molecule has 0 spiro atoms. The summed E-state index contributed by atoms with van der Waals surface area (Å²) in [6.45, 7) is 2.27. The van der Waals surface area contributed by atoms with E-state index in [1.807, 2.05) is 35.7 Å². The van der Waals surface area contributed by atoms with Crippen LogP contribution in [0, 0.1) is 5.92 Å². The highest BCUT2D eigenvalue weighted by atomic mass is 35.5. The van der Waals surface area contributed by atoms with Gasteiger partial charge in [0.25, 0.3) is 0 Å². The van der Waals surface area contributed by atoms with Crippen molar-refractivity contribution in [3.8, 4) is 0 Å². The number of amides is 1. The van der Waals surface area contributed by atoms with Crippen LogP contribution in [0.4, 0.5) is 5.95 Å². The number of anilines is 1. The second kappa shape index (κ2) is 7.06. The maximum atomic E-state index is 12.4. The summed E-state index contributed by atoms with van der Waals surface area (Å²) in [7, 11) is 0. The van der Waals surface area contributed by atoms with Crippen molar-refractivity contribution in [2.24, 2.45) is 5.92 Å². The van der Waals surface area contributed by atoms with Gasteiger partial charge in [-0.1, -0.05) is 17.7 Å². The van der Waals surface area contributed by atoms with Gasteiger partial charge in [-0.2, -0.15) is 0 Å². The molecule has 0 bridgehead atoms. The van der Waals surface area contributed by atoms with Gasteiger partial charge in [0, 0.05) is 28.9 Å². The summed E-state index contributed by atoms with van der Waals surface area (Å²) in [5.74, 6) is 1.09. The van der Waals surface area contributed by atoms with E-state index >= 15 is 0 Å². The molecule has 3 aromatic rings. The average Bonchev–Trinajstić information content (AvgIpc) is 3.29. The van der Waals surface area contributed by atoms with E-state index in [-0.39, 0.29) is 11.8 Å². The highest BCUT2D eigenvalue weighted by molar-refractivity contribution is 7.09. The van der Waals surface area contributed by atoms with Crippen LogP contribution in [-0.2, 0) is 11.3 Å². The van der Waals surface area contributed by atoms with Gasteiger partial charge in [-0.25, -0.2) is 4.98 Å². The minimum Gasteiger partial charge on any atom is -0.351 e. The number of hydrogen-bond acceptors (Lipinski definition) is 4. The maximum absolute atomic E-state index is 12.4. The van der Waals surface area contributed by atoms with Crippen molar-refractivity contribution < 1.29 is 4.79 Å². The van der Waals surface area contributed by atoms with Gasteiger partial charge >= 0.3 is 0 Å². The van der Waals surface area contributed by atoms with Crippen LogP contribution in [0.5, 0.6) is 0 Å². The highest BCUT2D eigenvalue weighted by Crippen LogP contribution is 2.25. The molecule has 3 heterocycles. The Morgan fingerprint density at radius 1 is 1.36 bits per heavy atom. The van der Waals surface area contributed by atoms with E-state index in [2.05, 4.69) is 20.2 Å². The number of H-pyrrole nitrogens is 1. The number of aromatic nitrogens is 2. The molecule has 4 rings (SSSR count). The highest BCUT2D eigenvalue weighted by Gasteiger charge is 2.26. The van der Waals surface area contributed by atoms with Gasteiger partial charge in [0.2, 0.25) is 11.9 Å². The lowest BCUT2D eigenvalue weighted by Crippen LogP contribution is -2.40. The summed E-state index contributed by atoms with van der Waals surface area (Å²) in [5, 5.41) is 5.78. The number of benzene rings is 1. The third-order valence-corrected chi connectivity index (χ3v) is 5.73. The van der Waals surface area contributed by atoms with Crippen molar-refractivity contribution in [2.45, 2.75) is 19.4 Å². The molecule has 2 N–H and O–H groups in total. The number of fused-ring (bicyclic) bond motifs is 1. The molecule has 0 saturated carbocycles. The molecular formula is C18H19ClN4OS. The molecule has 1 amide bonds. The minimum absolute atomic E-state index is 0.0787. The normalized spacial score (nSPS) is 15.6. The summed E-state index contributed by atoms with van der Waals surface area (Å²) in [6.07, 6.45) is 1.68. The maximum Gasteiger partial charge on any atom is 0.223 e. The molecule has 0 unspecified atom stereocenters. The monoisotopic (exact) mass is 374 g/mol. The smallest absolute Gasteiger partial charge is 0.223 e. The first-order chi connectivity index (χ1) is 12.2. The number of nitrogens with zero attached hydrogens (tertiary/aromatic N) is 2. The third-order valence-electron chi connectivity index (χ3n) is 4.61. The topological polar surface area (TPSA) is 61.0 Å². The second-order valence-electron chi connectivity index (χ2n) is 6.28. The molecule has 7 heteroatoms. The Kier molecular flexibility index (Phi) is 4.63. The number of halogens is 1. The van der Waals surface area contributed by atoms with Gasteiger partial charge < -0.3 is 15.2 Å².